The third-order valence-electron chi connectivity index (χ3n) is 2.11. The molecule has 0 aliphatic heterocycles. The summed E-state index contributed by atoms with van der Waals surface area (Å²) < 4.78 is 1.40. The van der Waals surface area contributed by atoms with Crippen molar-refractivity contribution < 1.29 is 4.79 Å². The van der Waals surface area contributed by atoms with E-state index < -0.39 is 6.04 Å². The first-order valence-corrected chi connectivity index (χ1v) is 5.66. The van der Waals surface area contributed by atoms with Gasteiger partial charge in [-0.15, -0.1) is 0 Å². The van der Waals surface area contributed by atoms with Gasteiger partial charge in [0, 0.05) is 14.1 Å². The molecule has 0 aliphatic carbocycles. The molecule has 0 fully saturated rings. The van der Waals surface area contributed by atoms with Gasteiger partial charge in [-0.25, -0.2) is 4.98 Å². The minimum atomic E-state index is -0.608. The summed E-state index contributed by atoms with van der Waals surface area (Å²) in [5.41, 5.74) is -0.372. The summed E-state index contributed by atoms with van der Waals surface area (Å²) in [6, 6.07) is -0.608. The van der Waals surface area contributed by atoms with Gasteiger partial charge in [-0.3, -0.25) is 14.2 Å². The lowest BCUT2D eigenvalue weighted by molar-refractivity contribution is -0.131. The average Bonchev–Trinajstić information content (AvgIpc) is 2.24. The lowest BCUT2D eigenvalue weighted by atomic mass is 10.3. The van der Waals surface area contributed by atoms with Crippen LogP contribution in [-0.4, -0.2) is 34.5 Å². The summed E-state index contributed by atoms with van der Waals surface area (Å²) in [5.74, 6) is -0.182. The molecular weight excluding hydrogens is 297 g/mol. The molecule has 7 heteroatoms. The van der Waals surface area contributed by atoms with Crippen LogP contribution in [0.15, 0.2) is 15.6 Å². The largest absolute Gasteiger partial charge is 0.347 e. The van der Waals surface area contributed by atoms with Crippen molar-refractivity contribution in [1.82, 2.24) is 14.5 Å². The molecule has 0 spiro atoms. The van der Waals surface area contributed by atoms with E-state index in [2.05, 4.69) is 20.9 Å². The molecule has 88 valence electrons. The highest BCUT2D eigenvalue weighted by Gasteiger charge is 2.19. The van der Waals surface area contributed by atoms with E-state index in [0.29, 0.717) is 0 Å². The van der Waals surface area contributed by atoms with Gasteiger partial charge in [0.1, 0.15) is 10.5 Å². The fourth-order valence-corrected chi connectivity index (χ4v) is 1.62. The van der Waals surface area contributed by atoms with Crippen LogP contribution >= 0.6 is 27.5 Å². The number of aromatic nitrogens is 2. The third kappa shape index (κ3) is 2.44. The van der Waals surface area contributed by atoms with E-state index in [1.54, 1.807) is 21.0 Å². The maximum Gasteiger partial charge on any atom is 0.269 e. The summed E-state index contributed by atoms with van der Waals surface area (Å²) in [5, 5.41) is 0.0887. The first-order valence-electron chi connectivity index (χ1n) is 4.49. The van der Waals surface area contributed by atoms with Gasteiger partial charge in [-0.1, -0.05) is 11.6 Å². The van der Waals surface area contributed by atoms with E-state index in [1.807, 2.05) is 0 Å². The highest BCUT2D eigenvalue weighted by Crippen LogP contribution is 2.15. The third-order valence-corrected chi connectivity index (χ3v) is 3.34. The fourth-order valence-electron chi connectivity index (χ4n) is 1.19. The zero-order valence-corrected chi connectivity index (χ0v) is 11.4. The second kappa shape index (κ2) is 4.97. The van der Waals surface area contributed by atoms with Gasteiger partial charge in [-0.2, -0.15) is 0 Å². The summed E-state index contributed by atoms with van der Waals surface area (Å²) >= 11 is 8.70. The Balaban J connectivity index is 3.21. The molecule has 1 amide bonds. The molecule has 0 aromatic carbocycles. The van der Waals surface area contributed by atoms with Crippen molar-refractivity contribution in [3.05, 3.63) is 26.3 Å². The van der Waals surface area contributed by atoms with Crippen molar-refractivity contribution in [2.24, 2.45) is 0 Å². The van der Waals surface area contributed by atoms with Crippen LogP contribution in [-0.2, 0) is 4.79 Å². The number of hydrogen-bond acceptors (Lipinski definition) is 3. The first kappa shape index (κ1) is 13.2. The van der Waals surface area contributed by atoms with Crippen LogP contribution in [0.3, 0.4) is 0 Å². The van der Waals surface area contributed by atoms with Crippen LogP contribution in [0.25, 0.3) is 0 Å². The molecule has 16 heavy (non-hydrogen) atoms. The quantitative estimate of drug-likeness (QED) is 0.774. The van der Waals surface area contributed by atoms with Crippen LogP contribution in [0, 0.1) is 0 Å². The Morgan fingerprint density at radius 2 is 2.19 bits per heavy atom. The molecule has 5 nitrogen and oxygen atoms in total. The van der Waals surface area contributed by atoms with Crippen LogP contribution in [0.4, 0.5) is 0 Å². The maximum atomic E-state index is 11.8. The van der Waals surface area contributed by atoms with Crippen LogP contribution in [0.1, 0.15) is 13.0 Å². The van der Waals surface area contributed by atoms with Gasteiger partial charge in [0.15, 0.2) is 5.15 Å². The second-order valence-electron chi connectivity index (χ2n) is 3.47. The predicted molar refractivity (Wildman–Crippen MR) is 64.6 cm³/mol. The lowest BCUT2D eigenvalue weighted by Crippen LogP contribution is -2.35. The minimum absolute atomic E-state index is 0.0887. The monoisotopic (exact) mass is 307 g/mol. The maximum absolute atomic E-state index is 11.8. The van der Waals surface area contributed by atoms with Crippen molar-refractivity contribution in [1.29, 1.82) is 0 Å². The topological polar surface area (TPSA) is 55.2 Å². The Hall–Kier alpha value is -0.880. The second-order valence-corrected chi connectivity index (χ2v) is 4.62. The standard InChI is InChI=1S/C9H11BrClN3O2/c1-5(8(15)13(2)3)14-4-12-7(11)6(10)9(14)16/h4-5H,1-3H3. The Morgan fingerprint density at radius 3 is 2.69 bits per heavy atom. The van der Waals surface area contributed by atoms with Gasteiger partial charge in [0.05, 0.1) is 6.33 Å². The Bertz CT molecular complexity index is 472. The molecule has 0 saturated heterocycles. The number of carbonyl (C=O) groups is 1. The van der Waals surface area contributed by atoms with E-state index in [9.17, 15) is 9.59 Å². The van der Waals surface area contributed by atoms with Crippen molar-refractivity contribution in [2.75, 3.05) is 14.1 Å². The number of nitrogens with zero attached hydrogens (tertiary/aromatic N) is 3. The molecule has 1 unspecified atom stereocenters. The molecule has 1 rings (SSSR count). The van der Waals surface area contributed by atoms with E-state index in [0.717, 1.165) is 0 Å². The highest BCUT2D eigenvalue weighted by molar-refractivity contribution is 9.10. The predicted octanol–water partition coefficient (Wildman–Crippen LogP) is 1.31. The molecule has 1 atom stereocenters. The number of hydrogen-bond donors (Lipinski definition) is 0. The Morgan fingerprint density at radius 1 is 1.62 bits per heavy atom. The van der Waals surface area contributed by atoms with Crippen LogP contribution < -0.4 is 5.56 Å². The van der Waals surface area contributed by atoms with Crippen LogP contribution in [0.2, 0.25) is 5.15 Å². The molecule has 0 bridgehead atoms. The average molecular weight is 309 g/mol. The smallest absolute Gasteiger partial charge is 0.269 e. The number of likely N-dealkylation sites (N-methyl/N-ethyl adjacent to an activating group) is 1. The molecule has 1 aromatic heterocycles. The Labute approximate surface area is 106 Å². The summed E-state index contributed by atoms with van der Waals surface area (Å²) in [6.07, 6.45) is 1.27. The van der Waals surface area contributed by atoms with Crippen molar-refractivity contribution in [2.45, 2.75) is 13.0 Å². The van der Waals surface area contributed by atoms with E-state index in [4.69, 9.17) is 11.6 Å². The summed E-state index contributed by atoms with van der Waals surface area (Å²) in [6.45, 7) is 1.63. The SMILES string of the molecule is CC(C(=O)N(C)C)n1cnc(Cl)c(Br)c1=O. The number of rotatable bonds is 2. The molecule has 0 aliphatic rings. The van der Waals surface area contributed by atoms with E-state index >= 15 is 0 Å². The van der Waals surface area contributed by atoms with Crippen molar-refractivity contribution in [3.63, 3.8) is 0 Å². The van der Waals surface area contributed by atoms with Gasteiger partial charge in [0.2, 0.25) is 5.91 Å². The molecule has 0 radical (unpaired) electrons. The van der Waals surface area contributed by atoms with Gasteiger partial charge >= 0.3 is 0 Å². The van der Waals surface area contributed by atoms with Crippen molar-refractivity contribution >= 4 is 33.4 Å². The normalized spacial score (nSPS) is 12.3. The first-order chi connectivity index (χ1) is 7.36. The van der Waals surface area contributed by atoms with Gasteiger partial charge in [0.25, 0.3) is 5.56 Å². The number of amides is 1. The molecule has 1 aromatic rings. The van der Waals surface area contributed by atoms with E-state index in [1.165, 1.54) is 15.8 Å². The number of halogens is 2. The van der Waals surface area contributed by atoms with Gasteiger partial charge in [-0.05, 0) is 22.9 Å². The van der Waals surface area contributed by atoms with E-state index in [-0.39, 0.29) is 21.1 Å². The highest BCUT2D eigenvalue weighted by atomic mass is 79.9. The molecular formula is C9H11BrClN3O2. The van der Waals surface area contributed by atoms with Gasteiger partial charge < -0.3 is 4.90 Å². The van der Waals surface area contributed by atoms with Crippen molar-refractivity contribution in [3.8, 4) is 0 Å². The summed E-state index contributed by atoms with van der Waals surface area (Å²) in [7, 11) is 3.25. The minimum Gasteiger partial charge on any atom is -0.347 e. The zero-order valence-electron chi connectivity index (χ0n) is 9.07. The Kier molecular flexibility index (Phi) is 4.09. The lowest BCUT2D eigenvalue weighted by Gasteiger charge is -2.18. The fraction of sp³-hybridized carbons (Fsp3) is 0.444. The summed E-state index contributed by atoms with van der Waals surface area (Å²) in [4.78, 5) is 28.7. The number of carbonyl (C=O) groups excluding carboxylic acids is 1. The van der Waals surface area contributed by atoms with Crippen LogP contribution in [0.5, 0.6) is 0 Å². The molecule has 1 heterocycles. The zero-order chi connectivity index (χ0) is 12.5. The molecule has 0 saturated carbocycles. The molecule has 0 N–H and O–H groups in total.